The van der Waals surface area contributed by atoms with Crippen molar-refractivity contribution in [2.75, 3.05) is 0 Å². The van der Waals surface area contributed by atoms with Gasteiger partial charge < -0.3 is 4.42 Å². The molecule has 0 saturated heterocycles. The lowest BCUT2D eigenvalue weighted by Crippen LogP contribution is -1.92. The SMILES string of the molecule is [2H]c1c([2H])c([2H])c(-c2c3ccccc3c(-c3ccc4c(-c5cc(-c6ccc(-c7ccc8c(c7)oc7ccc(-c9c([2H])c([2H])c([2H])c(C)c9[2H])cc78)cc6)cc6ccccc56)cc5ccccc5c4c3)c3ccccc23)c([2H])c1[2H]. The first kappa shape index (κ1) is 31.8. The van der Waals surface area contributed by atoms with E-state index in [1.54, 1.807) is 6.92 Å². The number of hydrogen-bond acceptors (Lipinski definition) is 1. The summed E-state index contributed by atoms with van der Waals surface area (Å²) in [5.74, 6) is 0. The molecule has 1 aromatic heterocycles. The summed E-state index contributed by atoms with van der Waals surface area (Å²) in [6.07, 6.45) is 0. The molecular weight excluding hydrogens is 845 g/mol. The second-order valence-corrected chi connectivity index (χ2v) is 18.1. The van der Waals surface area contributed by atoms with Crippen LogP contribution >= 0.6 is 0 Å². The highest BCUT2D eigenvalue weighted by Gasteiger charge is 2.19. The monoisotopic (exact) mass is 897 g/mol. The molecule has 0 saturated carbocycles. The number of rotatable bonds is 6. The number of hydrogen-bond donors (Lipinski definition) is 0. The molecule has 326 valence electrons. The first-order chi connectivity index (χ1) is 38.3. The van der Waals surface area contributed by atoms with E-state index in [1.165, 1.54) is 0 Å². The standard InChI is InChI=1S/C69H44O/c1-43-14-13-19-47(36-43)48-32-35-66-65(38-48)57-34-30-49(42-67(57)70-66)44-26-28-45(29-27-44)53-37-50-17-5-7-20-54(50)63(41-53)64-39-51-18-6-8-21-55(51)62-40-52(31-33-56(62)64)69-60-24-11-9-22-58(60)68(46-15-3-2-4-16-46)59-23-10-12-25-61(59)69/h2-42H,1H3/i2D,3D,4D,13D,14D,15D,16D,19D,36D. The van der Waals surface area contributed by atoms with Crippen LogP contribution in [0.3, 0.4) is 0 Å². The Bertz CT molecular complexity index is 4850. The van der Waals surface area contributed by atoms with Gasteiger partial charge >= 0.3 is 0 Å². The zero-order valence-corrected chi connectivity index (χ0v) is 37.9. The number of benzene rings is 13. The fourth-order valence-corrected chi connectivity index (χ4v) is 10.8. The molecule has 0 N–H and O–H groups in total. The largest absolute Gasteiger partial charge is 0.456 e. The predicted octanol–water partition coefficient (Wildman–Crippen LogP) is 19.7. The van der Waals surface area contributed by atoms with E-state index in [-0.39, 0.29) is 53.9 Å². The first-order valence-electron chi connectivity index (χ1n) is 28.0. The van der Waals surface area contributed by atoms with Crippen molar-refractivity contribution in [1.82, 2.24) is 0 Å². The molecular formula is C69H44O. The number of fused-ring (bicyclic) bond motifs is 9. The lowest BCUT2D eigenvalue weighted by atomic mass is 9.84. The van der Waals surface area contributed by atoms with Gasteiger partial charge in [0.25, 0.3) is 0 Å². The predicted molar refractivity (Wildman–Crippen MR) is 299 cm³/mol. The molecule has 0 aliphatic carbocycles. The molecule has 14 aromatic rings. The molecule has 0 aliphatic rings. The molecule has 1 heteroatoms. The van der Waals surface area contributed by atoms with Gasteiger partial charge in [0, 0.05) is 10.8 Å². The second-order valence-electron chi connectivity index (χ2n) is 18.1. The van der Waals surface area contributed by atoms with E-state index in [2.05, 4.69) is 127 Å². The summed E-state index contributed by atoms with van der Waals surface area (Å²) in [5, 5.41) is 11.9. The van der Waals surface area contributed by atoms with Crippen LogP contribution in [0, 0.1) is 6.92 Å². The normalized spacial score (nSPS) is 13.6. The Balaban J connectivity index is 0.878. The molecule has 0 fully saturated rings. The summed E-state index contributed by atoms with van der Waals surface area (Å²) in [7, 11) is 0. The maximum absolute atomic E-state index is 9.04. The molecule has 70 heavy (non-hydrogen) atoms. The Labute approximate surface area is 418 Å². The summed E-state index contributed by atoms with van der Waals surface area (Å²) < 4.78 is 83.9. The smallest absolute Gasteiger partial charge is 0.136 e. The molecule has 0 radical (unpaired) electrons. The third-order valence-electron chi connectivity index (χ3n) is 14.0. The van der Waals surface area contributed by atoms with Crippen LogP contribution in [0.15, 0.2) is 253 Å². The highest BCUT2D eigenvalue weighted by molar-refractivity contribution is 6.23. The van der Waals surface area contributed by atoms with E-state index in [0.717, 1.165) is 109 Å². The maximum Gasteiger partial charge on any atom is 0.136 e. The van der Waals surface area contributed by atoms with Crippen molar-refractivity contribution in [2.45, 2.75) is 6.92 Å². The average Bonchev–Trinajstić information content (AvgIpc) is 4.04. The van der Waals surface area contributed by atoms with Crippen LogP contribution < -0.4 is 0 Å². The topological polar surface area (TPSA) is 13.1 Å². The van der Waals surface area contributed by atoms with E-state index in [9.17, 15) is 0 Å². The molecule has 14 rings (SSSR count). The second kappa shape index (κ2) is 16.0. The summed E-state index contributed by atoms with van der Waals surface area (Å²) in [6.45, 7) is 1.66. The average molecular weight is 898 g/mol. The first-order valence-corrected chi connectivity index (χ1v) is 23.5. The van der Waals surface area contributed by atoms with Gasteiger partial charge in [-0.25, -0.2) is 0 Å². The van der Waals surface area contributed by atoms with Crippen LogP contribution in [-0.2, 0) is 0 Å². The minimum absolute atomic E-state index is 0.0884. The van der Waals surface area contributed by atoms with Gasteiger partial charge in [0.05, 0.1) is 12.3 Å². The van der Waals surface area contributed by atoms with Crippen LogP contribution in [0.5, 0.6) is 0 Å². The Morgan fingerprint density at radius 3 is 1.56 bits per heavy atom. The van der Waals surface area contributed by atoms with E-state index in [4.69, 9.17) is 16.8 Å². The zero-order chi connectivity index (χ0) is 54.1. The van der Waals surface area contributed by atoms with Crippen LogP contribution in [0.1, 0.15) is 17.9 Å². The van der Waals surface area contributed by atoms with Crippen molar-refractivity contribution in [1.29, 1.82) is 0 Å². The molecule has 1 heterocycles. The summed E-state index contributed by atoms with van der Waals surface area (Å²) in [6, 6.07) is 65.1. The van der Waals surface area contributed by atoms with E-state index >= 15 is 0 Å². The van der Waals surface area contributed by atoms with Crippen LogP contribution in [0.4, 0.5) is 0 Å². The van der Waals surface area contributed by atoms with Crippen LogP contribution in [0.2, 0.25) is 0 Å². The van der Waals surface area contributed by atoms with Gasteiger partial charge in [0.2, 0.25) is 0 Å². The van der Waals surface area contributed by atoms with Gasteiger partial charge in [-0.15, -0.1) is 0 Å². The fourth-order valence-electron chi connectivity index (χ4n) is 10.8. The molecule has 0 unspecified atom stereocenters. The molecule has 0 amide bonds. The Morgan fingerprint density at radius 1 is 0.300 bits per heavy atom. The molecule has 0 atom stereocenters. The highest BCUT2D eigenvalue weighted by atomic mass is 16.3. The summed E-state index contributed by atoms with van der Waals surface area (Å²) >= 11 is 0. The number of furan rings is 1. The molecule has 0 spiro atoms. The van der Waals surface area contributed by atoms with Crippen molar-refractivity contribution in [2.24, 2.45) is 0 Å². The van der Waals surface area contributed by atoms with E-state index in [0.29, 0.717) is 33.4 Å². The Hall–Kier alpha value is -9.04. The highest BCUT2D eigenvalue weighted by Crippen LogP contribution is 2.47. The quantitative estimate of drug-likeness (QED) is 0.120. The molecule has 1 nitrogen and oxygen atoms in total. The third-order valence-corrected chi connectivity index (χ3v) is 14.0. The Kier molecular flexibility index (Phi) is 7.30. The maximum atomic E-state index is 9.04. The van der Waals surface area contributed by atoms with Crippen molar-refractivity contribution in [3.05, 3.63) is 254 Å². The fraction of sp³-hybridized carbons (Fsp3) is 0.0145. The van der Waals surface area contributed by atoms with Crippen molar-refractivity contribution >= 4 is 75.8 Å². The minimum atomic E-state index is -0.417. The van der Waals surface area contributed by atoms with E-state index in [1.807, 2.05) is 66.7 Å². The van der Waals surface area contributed by atoms with Gasteiger partial charge in [-0.2, -0.15) is 0 Å². The van der Waals surface area contributed by atoms with E-state index < -0.39 is 6.04 Å². The van der Waals surface area contributed by atoms with Gasteiger partial charge in [0.1, 0.15) is 11.2 Å². The molecule has 0 bridgehead atoms. The van der Waals surface area contributed by atoms with Gasteiger partial charge in [0.15, 0.2) is 0 Å². The van der Waals surface area contributed by atoms with Gasteiger partial charge in [-0.3, -0.25) is 0 Å². The van der Waals surface area contributed by atoms with Crippen LogP contribution in [-0.4, -0.2) is 0 Å². The Morgan fingerprint density at radius 2 is 0.829 bits per heavy atom. The minimum Gasteiger partial charge on any atom is -0.456 e. The van der Waals surface area contributed by atoms with Crippen molar-refractivity contribution in [3.8, 4) is 66.8 Å². The van der Waals surface area contributed by atoms with Gasteiger partial charge in [-0.05, 0) is 176 Å². The molecule has 13 aromatic carbocycles. The van der Waals surface area contributed by atoms with Gasteiger partial charge in [-0.1, -0.05) is 206 Å². The summed E-state index contributed by atoms with van der Waals surface area (Å²) in [4.78, 5) is 0. The van der Waals surface area contributed by atoms with Crippen LogP contribution in [0.25, 0.3) is 143 Å². The molecule has 0 aliphatic heterocycles. The lowest BCUT2D eigenvalue weighted by Gasteiger charge is -2.19. The van der Waals surface area contributed by atoms with Crippen molar-refractivity contribution in [3.63, 3.8) is 0 Å². The zero-order valence-electron chi connectivity index (χ0n) is 46.9. The lowest BCUT2D eigenvalue weighted by molar-refractivity contribution is 0.669. The van der Waals surface area contributed by atoms with Crippen molar-refractivity contribution < 1.29 is 16.8 Å². The summed E-state index contributed by atoms with van der Waals surface area (Å²) in [5.41, 5.74) is 11.9. The third kappa shape index (κ3) is 6.55.